The molecule has 10 heteroatoms. The number of rotatable bonds is 5. The Morgan fingerprint density at radius 3 is 2.00 bits per heavy atom. The van der Waals surface area contributed by atoms with Gasteiger partial charge in [0.2, 0.25) is 0 Å². The minimum atomic E-state index is -1.45. The molecule has 0 saturated carbocycles. The number of hydrogen-bond acceptors (Lipinski definition) is 8. The number of non-ortho nitro benzene ring substituents is 1. The second kappa shape index (κ2) is 8.11. The Hall–Kier alpha value is -2.27. The fourth-order valence-corrected chi connectivity index (χ4v) is 1.000. The largest absolute Gasteiger partial charge is 0.545 e. The molecule has 0 aliphatic rings. The number of nitrogens with two attached hydrogens (primary N) is 1. The molecule has 0 bridgehead atoms. The van der Waals surface area contributed by atoms with Crippen molar-refractivity contribution in [2.24, 2.45) is 0 Å². The molecule has 1 aromatic carbocycles. The lowest BCUT2D eigenvalue weighted by molar-refractivity contribution is -0.494. The fraction of sp³-hybridized carbons (Fsp3) is 0.364. The number of nitrogens with zero attached hydrogens (tertiary/aromatic N) is 1. The summed E-state index contributed by atoms with van der Waals surface area (Å²) in [5.74, 6) is -1.45. The van der Waals surface area contributed by atoms with Crippen LogP contribution in [-0.2, 0) is 0 Å². The van der Waals surface area contributed by atoms with Gasteiger partial charge < -0.3 is 36.7 Å². The number of carbonyl (C=O) groups is 1. The van der Waals surface area contributed by atoms with Gasteiger partial charge in [-0.15, -0.1) is 0 Å². The summed E-state index contributed by atoms with van der Waals surface area (Å²) in [7, 11) is 0. The van der Waals surface area contributed by atoms with E-state index in [2.05, 4.69) is 5.73 Å². The lowest BCUT2D eigenvalue weighted by atomic mass is 10.1. The number of benzene rings is 1. The van der Waals surface area contributed by atoms with Gasteiger partial charge in [0.05, 0.1) is 10.9 Å². The molecule has 1 aromatic rings. The van der Waals surface area contributed by atoms with Gasteiger partial charge in [0.25, 0.3) is 5.69 Å². The van der Waals surface area contributed by atoms with Crippen LogP contribution in [0.5, 0.6) is 0 Å². The van der Waals surface area contributed by atoms with E-state index in [9.17, 15) is 20.0 Å². The first-order valence-corrected chi connectivity index (χ1v) is 5.64. The molecule has 0 aromatic heterocycles. The smallest absolute Gasteiger partial charge is 0.271 e. The summed E-state index contributed by atoms with van der Waals surface area (Å²) in [6, 6.07) is 3.08. The molecule has 0 saturated heterocycles. The molecule has 1 rings (SSSR count). The Bertz CT molecular complexity index is 494. The van der Waals surface area contributed by atoms with Crippen LogP contribution in [0, 0.1) is 10.1 Å². The van der Waals surface area contributed by atoms with Gasteiger partial charge in [0, 0.05) is 23.4 Å². The molecule has 8 N–H and O–H groups in total. The fourth-order valence-electron chi connectivity index (χ4n) is 1.000. The molecule has 0 unspecified atom stereocenters. The van der Waals surface area contributed by atoms with E-state index in [1.54, 1.807) is 0 Å². The van der Waals surface area contributed by atoms with E-state index in [0.717, 1.165) is 18.2 Å². The van der Waals surface area contributed by atoms with Gasteiger partial charge in [-0.1, -0.05) is 0 Å². The summed E-state index contributed by atoms with van der Waals surface area (Å²) in [5.41, 5.74) is 6.99. The predicted molar refractivity (Wildman–Crippen MR) is 68.7 cm³/mol. The number of carboxylic acids is 1. The van der Waals surface area contributed by atoms with E-state index >= 15 is 0 Å². The Balaban J connectivity index is 0.000000433. The lowest BCUT2D eigenvalue weighted by Crippen LogP contribution is -2.78. The number of aromatic carboxylic acids is 1. The van der Waals surface area contributed by atoms with Crippen LogP contribution >= 0.6 is 0 Å². The van der Waals surface area contributed by atoms with E-state index in [-0.39, 0.29) is 36.8 Å². The zero-order valence-electron chi connectivity index (χ0n) is 11.1. The summed E-state index contributed by atoms with van der Waals surface area (Å²) < 4.78 is 0. The molecule has 10 nitrogen and oxygen atoms in total. The third-order valence-electron chi connectivity index (χ3n) is 2.47. The molecule has 0 fully saturated rings. The number of nitro groups is 1. The van der Waals surface area contributed by atoms with Crippen LogP contribution in [-0.4, -0.2) is 51.6 Å². The maximum absolute atomic E-state index is 10.3. The summed E-state index contributed by atoms with van der Waals surface area (Å²) in [5, 5.41) is 45.8. The van der Waals surface area contributed by atoms with Crippen LogP contribution in [0.2, 0.25) is 0 Å². The van der Waals surface area contributed by atoms with E-state index in [1.807, 2.05) is 0 Å². The molecule has 0 amide bonds. The maximum atomic E-state index is 10.3. The highest BCUT2D eigenvalue weighted by molar-refractivity contribution is 5.92. The molecule has 118 valence electrons. The Morgan fingerprint density at radius 2 is 1.76 bits per heavy atom. The van der Waals surface area contributed by atoms with E-state index in [0.29, 0.717) is 0 Å². The molecule has 0 spiro atoms. The Labute approximate surface area is 119 Å². The number of carboxylic acid groups (broad SMARTS) is 1. The van der Waals surface area contributed by atoms with Crippen LogP contribution in [0.4, 0.5) is 11.4 Å². The Kier molecular flexibility index (Phi) is 7.24. The third-order valence-corrected chi connectivity index (χ3v) is 2.47. The van der Waals surface area contributed by atoms with Gasteiger partial charge in [-0.3, -0.25) is 10.1 Å². The number of nitro benzene ring substituents is 1. The van der Waals surface area contributed by atoms with Crippen molar-refractivity contribution in [2.45, 2.75) is 5.54 Å². The standard InChI is InChI=1S/C7H6N2O4.C4H11NO3/c8-6-3-4(9(12)13)1-2-5(6)7(10)11;5-4(1-6,2-7)3-8/h1-3H,8H2,(H,10,11);6-8H,1-3,5H2. The van der Waals surface area contributed by atoms with Crippen molar-refractivity contribution in [2.75, 3.05) is 25.6 Å². The number of hydrogen-bond donors (Lipinski definition) is 5. The summed E-state index contributed by atoms with van der Waals surface area (Å²) >= 11 is 0. The van der Waals surface area contributed by atoms with Crippen molar-refractivity contribution in [3.63, 3.8) is 0 Å². The Morgan fingerprint density at radius 1 is 1.29 bits per heavy atom. The van der Waals surface area contributed by atoms with Crippen LogP contribution in [0.3, 0.4) is 0 Å². The summed E-state index contributed by atoms with van der Waals surface area (Å²) in [6.45, 7) is -0.875. The average molecular weight is 303 g/mol. The third kappa shape index (κ3) is 5.71. The maximum Gasteiger partial charge on any atom is 0.271 e. The van der Waals surface area contributed by atoms with Crippen LogP contribution in [0.25, 0.3) is 0 Å². The first-order valence-electron chi connectivity index (χ1n) is 5.64. The minimum absolute atomic E-state index is 0.172. The first-order chi connectivity index (χ1) is 9.70. The summed E-state index contributed by atoms with van der Waals surface area (Å²) in [4.78, 5) is 19.9. The molecule has 0 radical (unpaired) electrons. The highest BCUT2D eigenvalue weighted by Crippen LogP contribution is 2.18. The van der Waals surface area contributed by atoms with Crippen molar-refractivity contribution in [1.29, 1.82) is 0 Å². The molecule has 0 aliphatic carbocycles. The average Bonchev–Trinajstić information content (AvgIpc) is 2.46. The first kappa shape index (κ1) is 18.7. The van der Waals surface area contributed by atoms with Crippen molar-refractivity contribution in [3.05, 3.63) is 33.9 Å². The van der Waals surface area contributed by atoms with E-state index in [4.69, 9.17) is 21.1 Å². The van der Waals surface area contributed by atoms with Crippen LogP contribution < -0.4 is 16.6 Å². The second-order valence-electron chi connectivity index (χ2n) is 4.29. The zero-order chi connectivity index (χ0) is 16.6. The van der Waals surface area contributed by atoms with Gasteiger partial charge in [0.1, 0.15) is 19.8 Å². The van der Waals surface area contributed by atoms with Crippen LogP contribution in [0.15, 0.2) is 18.2 Å². The number of carbonyl (C=O) groups excluding carboxylic acids is 1. The molecule has 0 heterocycles. The minimum Gasteiger partial charge on any atom is -0.545 e. The molecular formula is C11H17N3O7. The van der Waals surface area contributed by atoms with Gasteiger partial charge >= 0.3 is 0 Å². The van der Waals surface area contributed by atoms with E-state index < -0.39 is 16.4 Å². The van der Waals surface area contributed by atoms with E-state index in [1.165, 1.54) is 0 Å². The molecule has 0 aliphatic heterocycles. The van der Waals surface area contributed by atoms with Gasteiger partial charge in [-0.2, -0.15) is 0 Å². The van der Waals surface area contributed by atoms with Gasteiger partial charge in [-0.05, 0) is 6.07 Å². The van der Waals surface area contributed by atoms with Crippen molar-refractivity contribution in [3.8, 4) is 0 Å². The topological polar surface area (TPSA) is 198 Å². The quantitative estimate of drug-likeness (QED) is 0.209. The van der Waals surface area contributed by atoms with Crippen molar-refractivity contribution in [1.82, 2.24) is 0 Å². The number of aliphatic hydroxyl groups excluding tert-OH is 3. The highest BCUT2D eigenvalue weighted by Gasteiger charge is 2.25. The van der Waals surface area contributed by atoms with Gasteiger partial charge in [-0.25, -0.2) is 0 Å². The zero-order valence-corrected chi connectivity index (χ0v) is 11.1. The molecule has 0 atom stereocenters. The highest BCUT2D eigenvalue weighted by atomic mass is 16.6. The lowest BCUT2D eigenvalue weighted by Gasteiger charge is -2.16. The van der Waals surface area contributed by atoms with Gasteiger partial charge in [0.15, 0.2) is 5.54 Å². The van der Waals surface area contributed by atoms with Crippen LogP contribution in [0.1, 0.15) is 10.4 Å². The number of nitrogen functional groups attached to an aromatic ring is 1. The molecule has 21 heavy (non-hydrogen) atoms. The molecular weight excluding hydrogens is 286 g/mol. The number of anilines is 1. The van der Waals surface area contributed by atoms with Crippen molar-refractivity contribution >= 4 is 17.3 Å². The number of quaternary nitrogens is 1. The monoisotopic (exact) mass is 303 g/mol. The SMILES string of the molecule is Nc1cc([N+](=O)[O-])ccc1C(=O)[O-].[NH3+]C(CO)(CO)CO. The van der Waals surface area contributed by atoms with Crippen molar-refractivity contribution < 1.29 is 35.9 Å². The normalized spacial score (nSPS) is 10.5. The second-order valence-corrected chi connectivity index (χ2v) is 4.29. The summed E-state index contributed by atoms with van der Waals surface area (Å²) in [6.07, 6.45) is 0. The number of aliphatic hydroxyl groups is 3. The predicted octanol–water partition coefficient (Wildman–Crippen LogP) is -3.52.